The van der Waals surface area contributed by atoms with Gasteiger partial charge in [-0.1, -0.05) is 0 Å². The third-order valence-electron chi connectivity index (χ3n) is 1.80. The van der Waals surface area contributed by atoms with E-state index in [0.717, 1.165) is 6.07 Å². The van der Waals surface area contributed by atoms with Gasteiger partial charge in [-0.25, -0.2) is 8.78 Å². The maximum Gasteiger partial charge on any atom is 0.418 e. The van der Waals surface area contributed by atoms with Gasteiger partial charge in [0.15, 0.2) is 6.10 Å². The zero-order valence-electron chi connectivity index (χ0n) is 7.52. The van der Waals surface area contributed by atoms with Gasteiger partial charge in [-0.2, -0.15) is 18.4 Å². The zero-order valence-corrected chi connectivity index (χ0v) is 7.52. The fourth-order valence-corrected chi connectivity index (χ4v) is 1.05. The molecule has 0 saturated heterocycles. The smallest absolute Gasteiger partial charge is 0.379 e. The van der Waals surface area contributed by atoms with Gasteiger partial charge in [0, 0.05) is 0 Å². The average Bonchev–Trinajstić information content (AvgIpc) is 2.14. The topological polar surface area (TPSA) is 44.0 Å². The van der Waals surface area contributed by atoms with E-state index >= 15 is 0 Å². The van der Waals surface area contributed by atoms with Crippen LogP contribution in [0, 0.1) is 23.0 Å². The van der Waals surface area contributed by atoms with Crippen LogP contribution in [0.15, 0.2) is 12.1 Å². The molecule has 0 aromatic heterocycles. The summed E-state index contributed by atoms with van der Waals surface area (Å²) in [5.74, 6) is -2.89. The third-order valence-corrected chi connectivity index (χ3v) is 1.80. The predicted molar refractivity (Wildman–Crippen MR) is 42.1 cm³/mol. The summed E-state index contributed by atoms with van der Waals surface area (Å²) in [5, 5.41) is 17.0. The molecule has 7 heteroatoms. The van der Waals surface area contributed by atoms with Crippen molar-refractivity contribution in [2.45, 2.75) is 12.3 Å². The first-order valence-corrected chi connectivity index (χ1v) is 3.91. The first kappa shape index (κ1) is 12.4. The highest BCUT2D eigenvalue weighted by molar-refractivity contribution is 5.36. The van der Waals surface area contributed by atoms with Crippen molar-refractivity contribution in [2.75, 3.05) is 0 Å². The van der Waals surface area contributed by atoms with Crippen LogP contribution < -0.4 is 0 Å². The molecule has 0 aliphatic rings. The highest BCUT2D eigenvalue weighted by Crippen LogP contribution is 2.33. The summed E-state index contributed by atoms with van der Waals surface area (Å²) in [5.41, 5.74) is -1.97. The minimum absolute atomic E-state index is 0.278. The van der Waals surface area contributed by atoms with Gasteiger partial charge in [-0.3, -0.25) is 0 Å². The number of benzene rings is 1. The number of aliphatic hydroxyl groups is 1. The molecule has 0 saturated carbocycles. The fraction of sp³-hybridized carbons (Fsp3) is 0.222. The second-order valence-corrected chi connectivity index (χ2v) is 2.92. The molecular formula is C9H4F5NO. The zero-order chi connectivity index (χ0) is 12.5. The van der Waals surface area contributed by atoms with Crippen LogP contribution in [0.2, 0.25) is 0 Å². The Bertz CT molecular complexity index is 425. The standard InChI is InChI=1S/C9H4F5NO/c10-6-1-4(8(16)9(12,13)14)2-7(11)5(6)3-15/h1-2,8,16H/t8-/m0/s1. The Hall–Kier alpha value is -1.68. The lowest BCUT2D eigenvalue weighted by atomic mass is 10.1. The molecule has 2 nitrogen and oxygen atoms in total. The first-order valence-electron chi connectivity index (χ1n) is 3.91. The fourth-order valence-electron chi connectivity index (χ4n) is 1.05. The molecular weight excluding hydrogens is 233 g/mol. The van der Waals surface area contributed by atoms with Crippen LogP contribution in [0.4, 0.5) is 22.0 Å². The van der Waals surface area contributed by atoms with Gasteiger partial charge >= 0.3 is 6.18 Å². The van der Waals surface area contributed by atoms with Crippen molar-refractivity contribution in [2.24, 2.45) is 0 Å². The van der Waals surface area contributed by atoms with Crippen molar-refractivity contribution in [3.8, 4) is 6.07 Å². The molecule has 86 valence electrons. The van der Waals surface area contributed by atoms with E-state index in [1.165, 1.54) is 0 Å². The minimum Gasteiger partial charge on any atom is -0.379 e. The van der Waals surface area contributed by atoms with Crippen LogP contribution in [-0.4, -0.2) is 11.3 Å². The second-order valence-electron chi connectivity index (χ2n) is 2.92. The molecule has 16 heavy (non-hydrogen) atoms. The van der Waals surface area contributed by atoms with Crippen LogP contribution in [0.25, 0.3) is 0 Å². The maximum absolute atomic E-state index is 12.9. The summed E-state index contributed by atoms with van der Waals surface area (Å²) in [6.45, 7) is 0. The predicted octanol–water partition coefficient (Wildman–Crippen LogP) is 2.43. The van der Waals surface area contributed by atoms with E-state index in [-0.39, 0.29) is 12.1 Å². The van der Waals surface area contributed by atoms with Crippen LogP contribution in [0.3, 0.4) is 0 Å². The SMILES string of the molecule is N#Cc1c(F)cc([C@H](O)C(F)(F)F)cc1F. The molecule has 0 radical (unpaired) electrons. The van der Waals surface area contributed by atoms with Crippen molar-refractivity contribution in [3.05, 3.63) is 34.9 Å². The van der Waals surface area contributed by atoms with E-state index in [4.69, 9.17) is 10.4 Å². The van der Waals surface area contributed by atoms with Crippen molar-refractivity contribution in [3.63, 3.8) is 0 Å². The molecule has 1 rings (SSSR count). The summed E-state index contributed by atoms with van der Waals surface area (Å²) in [7, 11) is 0. The number of hydrogen-bond acceptors (Lipinski definition) is 2. The van der Waals surface area contributed by atoms with Crippen molar-refractivity contribution >= 4 is 0 Å². The summed E-state index contributed by atoms with van der Waals surface area (Å²) in [6.07, 6.45) is -8.00. The molecule has 1 atom stereocenters. The number of halogens is 5. The molecule has 0 amide bonds. The summed E-state index contributed by atoms with van der Waals surface area (Å²) in [4.78, 5) is 0. The van der Waals surface area contributed by atoms with E-state index in [1.54, 1.807) is 0 Å². The number of rotatable bonds is 1. The Morgan fingerprint density at radius 3 is 1.94 bits per heavy atom. The van der Waals surface area contributed by atoms with Crippen LogP contribution in [-0.2, 0) is 0 Å². The lowest BCUT2D eigenvalue weighted by Crippen LogP contribution is -2.20. The molecule has 0 fully saturated rings. The van der Waals surface area contributed by atoms with E-state index in [9.17, 15) is 22.0 Å². The molecule has 0 heterocycles. The molecule has 0 aliphatic carbocycles. The summed E-state index contributed by atoms with van der Waals surface area (Å²) < 4.78 is 61.9. The largest absolute Gasteiger partial charge is 0.418 e. The Morgan fingerprint density at radius 1 is 1.19 bits per heavy atom. The number of aliphatic hydroxyl groups excluding tert-OH is 1. The Balaban J connectivity index is 3.25. The van der Waals surface area contributed by atoms with Gasteiger partial charge in [0.1, 0.15) is 23.3 Å². The lowest BCUT2D eigenvalue weighted by Gasteiger charge is -2.15. The Labute approximate surface area is 86.5 Å². The highest BCUT2D eigenvalue weighted by atomic mass is 19.4. The average molecular weight is 237 g/mol. The van der Waals surface area contributed by atoms with E-state index < -0.39 is 35.0 Å². The Kier molecular flexibility index (Phi) is 3.14. The molecule has 0 spiro atoms. The van der Waals surface area contributed by atoms with E-state index in [0.29, 0.717) is 0 Å². The van der Waals surface area contributed by atoms with E-state index in [2.05, 4.69) is 0 Å². The molecule has 1 N–H and O–H groups in total. The van der Waals surface area contributed by atoms with E-state index in [1.807, 2.05) is 0 Å². The maximum atomic E-state index is 12.9. The summed E-state index contributed by atoms with van der Waals surface area (Å²) >= 11 is 0. The quantitative estimate of drug-likeness (QED) is 0.762. The van der Waals surface area contributed by atoms with Crippen molar-refractivity contribution < 1.29 is 27.1 Å². The number of hydrogen-bond donors (Lipinski definition) is 1. The van der Waals surface area contributed by atoms with Gasteiger partial charge < -0.3 is 5.11 Å². The number of alkyl halides is 3. The van der Waals surface area contributed by atoms with Gasteiger partial charge in [-0.05, 0) is 17.7 Å². The Morgan fingerprint density at radius 2 is 1.62 bits per heavy atom. The molecule has 1 aromatic rings. The van der Waals surface area contributed by atoms with Crippen LogP contribution >= 0.6 is 0 Å². The van der Waals surface area contributed by atoms with Crippen molar-refractivity contribution in [1.82, 2.24) is 0 Å². The van der Waals surface area contributed by atoms with Gasteiger partial charge in [0.05, 0.1) is 0 Å². The molecule has 0 bridgehead atoms. The van der Waals surface area contributed by atoms with Crippen molar-refractivity contribution in [1.29, 1.82) is 5.26 Å². The highest BCUT2D eigenvalue weighted by Gasteiger charge is 2.40. The first-order chi connectivity index (χ1) is 7.27. The van der Waals surface area contributed by atoms with Gasteiger partial charge in [0.25, 0.3) is 0 Å². The van der Waals surface area contributed by atoms with Crippen LogP contribution in [0.1, 0.15) is 17.2 Å². The van der Waals surface area contributed by atoms with Gasteiger partial charge in [0.2, 0.25) is 0 Å². The monoisotopic (exact) mass is 237 g/mol. The lowest BCUT2D eigenvalue weighted by molar-refractivity contribution is -0.206. The van der Waals surface area contributed by atoms with Gasteiger partial charge in [-0.15, -0.1) is 0 Å². The molecule has 1 aromatic carbocycles. The summed E-state index contributed by atoms with van der Waals surface area (Å²) in [6, 6.07) is 1.71. The number of nitrogens with zero attached hydrogens (tertiary/aromatic N) is 1. The second kappa shape index (κ2) is 4.06. The molecule has 0 aliphatic heterocycles. The minimum atomic E-state index is -5.02. The number of nitriles is 1. The molecule has 0 unspecified atom stereocenters. The van der Waals surface area contributed by atoms with Crippen LogP contribution in [0.5, 0.6) is 0 Å². The normalized spacial score (nSPS) is 13.3. The third kappa shape index (κ3) is 2.28.